The van der Waals surface area contributed by atoms with Gasteiger partial charge in [-0.15, -0.1) is 0 Å². The molecule has 0 unspecified atom stereocenters. The summed E-state index contributed by atoms with van der Waals surface area (Å²) in [6, 6.07) is 4.80. The van der Waals surface area contributed by atoms with E-state index in [1.54, 1.807) is 19.1 Å². The molecule has 0 fully saturated rings. The second-order valence-electron chi connectivity index (χ2n) is 4.89. The molecule has 0 aliphatic rings. The van der Waals surface area contributed by atoms with Crippen molar-refractivity contribution in [3.8, 4) is 0 Å². The van der Waals surface area contributed by atoms with Gasteiger partial charge in [0.05, 0.1) is 11.0 Å². The number of aliphatic hydroxyl groups is 2. The fraction of sp³-hybridized carbons (Fsp3) is 0.571. The van der Waals surface area contributed by atoms with Gasteiger partial charge in [-0.3, -0.25) is 10.1 Å². The monoisotopic (exact) mass is 282 g/mol. The van der Waals surface area contributed by atoms with Gasteiger partial charge in [0.15, 0.2) is 0 Å². The lowest BCUT2D eigenvalue weighted by Gasteiger charge is -2.19. The van der Waals surface area contributed by atoms with Gasteiger partial charge in [-0.05, 0) is 37.8 Å². The Bertz CT molecular complexity index is 449. The van der Waals surface area contributed by atoms with E-state index in [0.29, 0.717) is 17.8 Å². The molecule has 0 saturated heterocycles. The minimum atomic E-state index is -0.724. The minimum Gasteiger partial charge on any atom is -0.396 e. The molecule has 0 amide bonds. The first-order valence-corrected chi connectivity index (χ1v) is 6.75. The lowest BCUT2D eigenvalue weighted by Crippen LogP contribution is -2.20. The van der Waals surface area contributed by atoms with Crippen molar-refractivity contribution in [1.29, 1.82) is 0 Å². The van der Waals surface area contributed by atoms with Crippen molar-refractivity contribution in [2.24, 2.45) is 0 Å². The van der Waals surface area contributed by atoms with Crippen LogP contribution in [0, 0.1) is 10.1 Å². The molecule has 0 aromatic heterocycles. The summed E-state index contributed by atoms with van der Waals surface area (Å²) < 4.78 is 0. The first-order chi connectivity index (χ1) is 9.47. The molecule has 0 heterocycles. The van der Waals surface area contributed by atoms with Crippen LogP contribution in [-0.4, -0.2) is 35.3 Å². The Balaban J connectivity index is 2.84. The summed E-state index contributed by atoms with van der Waals surface area (Å²) in [5, 5.41) is 29.4. The van der Waals surface area contributed by atoms with E-state index in [1.165, 1.54) is 6.07 Å². The molecular formula is C14H22N2O4. The third-order valence-electron chi connectivity index (χ3n) is 3.24. The number of benzene rings is 1. The Morgan fingerprint density at radius 3 is 2.60 bits per heavy atom. The maximum Gasteiger partial charge on any atom is 0.292 e. The van der Waals surface area contributed by atoms with Crippen LogP contribution in [0.2, 0.25) is 0 Å². The number of aliphatic hydroxyl groups excluding tert-OH is 2. The maximum absolute atomic E-state index is 11.1. The van der Waals surface area contributed by atoms with E-state index in [9.17, 15) is 15.2 Å². The van der Waals surface area contributed by atoms with E-state index < -0.39 is 11.0 Å². The molecule has 0 radical (unpaired) electrons. The van der Waals surface area contributed by atoms with Crippen molar-refractivity contribution < 1.29 is 15.1 Å². The maximum atomic E-state index is 11.1. The Hall–Kier alpha value is -1.66. The molecule has 0 bridgehead atoms. The number of hydrogen-bond donors (Lipinski definition) is 2. The van der Waals surface area contributed by atoms with Crippen LogP contribution in [0.5, 0.6) is 0 Å². The highest BCUT2D eigenvalue weighted by Crippen LogP contribution is 2.30. The molecule has 1 rings (SSSR count). The Labute approximate surface area is 118 Å². The number of anilines is 1. The molecule has 0 aliphatic carbocycles. The molecule has 6 heteroatoms. The van der Waals surface area contributed by atoms with Gasteiger partial charge in [0.2, 0.25) is 0 Å². The van der Waals surface area contributed by atoms with Gasteiger partial charge in [0, 0.05) is 26.3 Å². The van der Waals surface area contributed by atoms with Crippen LogP contribution in [-0.2, 0) is 0 Å². The van der Waals surface area contributed by atoms with E-state index in [4.69, 9.17) is 5.11 Å². The average Bonchev–Trinajstić information content (AvgIpc) is 2.42. The summed E-state index contributed by atoms with van der Waals surface area (Å²) in [4.78, 5) is 12.6. The Kier molecular flexibility index (Phi) is 6.41. The summed E-state index contributed by atoms with van der Waals surface area (Å²) in [6.07, 6.45) is 1.78. The van der Waals surface area contributed by atoms with Crippen LogP contribution in [0.25, 0.3) is 0 Å². The van der Waals surface area contributed by atoms with Crippen molar-refractivity contribution in [3.63, 3.8) is 0 Å². The highest BCUT2D eigenvalue weighted by molar-refractivity contribution is 5.64. The molecule has 20 heavy (non-hydrogen) atoms. The van der Waals surface area contributed by atoms with E-state index in [0.717, 1.165) is 19.3 Å². The van der Waals surface area contributed by atoms with Gasteiger partial charge in [-0.2, -0.15) is 0 Å². The zero-order chi connectivity index (χ0) is 15.1. The first-order valence-electron chi connectivity index (χ1n) is 6.75. The van der Waals surface area contributed by atoms with Gasteiger partial charge in [-0.25, -0.2) is 0 Å². The van der Waals surface area contributed by atoms with Crippen molar-refractivity contribution in [1.82, 2.24) is 0 Å². The second kappa shape index (κ2) is 7.81. The third kappa shape index (κ3) is 4.47. The predicted octanol–water partition coefficient (Wildman–Crippen LogP) is 2.25. The summed E-state index contributed by atoms with van der Waals surface area (Å²) in [5.74, 6) is 0. The Morgan fingerprint density at radius 2 is 2.05 bits per heavy atom. The lowest BCUT2D eigenvalue weighted by molar-refractivity contribution is -0.384. The summed E-state index contributed by atoms with van der Waals surface area (Å²) >= 11 is 0. The fourth-order valence-corrected chi connectivity index (χ4v) is 2.03. The summed E-state index contributed by atoms with van der Waals surface area (Å²) in [6.45, 7) is 2.44. The van der Waals surface area contributed by atoms with Crippen molar-refractivity contribution in [3.05, 3.63) is 33.9 Å². The normalized spacial score (nSPS) is 12.2. The molecule has 0 aliphatic heterocycles. The van der Waals surface area contributed by atoms with Gasteiger partial charge in [-0.1, -0.05) is 6.07 Å². The molecular weight excluding hydrogens is 260 g/mol. The number of nitrogens with zero attached hydrogens (tertiary/aromatic N) is 2. The topological polar surface area (TPSA) is 86.8 Å². The van der Waals surface area contributed by atoms with Crippen molar-refractivity contribution in [2.45, 2.75) is 32.3 Å². The van der Waals surface area contributed by atoms with Gasteiger partial charge in [0.1, 0.15) is 5.69 Å². The quantitative estimate of drug-likeness (QED) is 0.434. The predicted molar refractivity (Wildman–Crippen MR) is 77.9 cm³/mol. The van der Waals surface area contributed by atoms with E-state index in [-0.39, 0.29) is 12.3 Å². The molecule has 0 spiro atoms. The number of hydrogen-bond acceptors (Lipinski definition) is 5. The SMILES string of the molecule is C[C@@H](O)c1ccc(N(C)CCCCCO)c([N+](=O)[O-])c1. The molecule has 2 N–H and O–H groups in total. The third-order valence-corrected chi connectivity index (χ3v) is 3.24. The number of rotatable bonds is 8. The summed E-state index contributed by atoms with van der Waals surface area (Å²) in [5.41, 5.74) is 1.09. The van der Waals surface area contributed by atoms with Crippen molar-refractivity contribution >= 4 is 11.4 Å². The molecule has 1 atom stereocenters. The number of unbranched alkanes of at least 4 members (excludes halogenated alkanes) is 2. The molecule has 6 nitrogen and oxygen atoms in total. The van der Waals surface area contributed by atoms with Crippen LogP contribution in [0.15, 0.2) is 18.2 Å². The number of nitro groups is 1. The molecule has 1 aromatic carbocycles. The van der Waals surface area contributed by atoms with Crippen molar-refractivity contribution in [2.75, 3.05) is 25.1 Å². The van der Waals surface area contributed by atoms with E-state index in [2.05, 4.69) is 0 Å². The lowest BCUT2D eigenvalue weighted by atomic mass is 10.1. The van der Waals surface area contributed by atoms with E-state index in [1.807, 2.05) is 11.9 Å². The second-order valence-corrected chi connectivity index (χ2v) is 4.89. The van der Waals surface area contributed by atoms with Gasteiger partial charge >= 0.3 is 0 Å². The first kappa shape index (κ1) is 16.4. The van der Waals surface area contributed by atoms with Crippen LogP contribution in [0.3, 0.4) is 0 Å². The highest BCUT2D eigenvalue weighted by atomic mass is 16.6. The standard InChI is InChI=1S/C14H22N2O4/c1-11(18)12-6-7-13(14(10-12)16(19)20)15(2)8-4-3-5-9-17/h6-7,10-11,17-18H,3-5,8-9H2,1-2H3/t11-/m1/s1. The van der Waals surface area contributed by atoms with Gasteiger partial charge < -0.3 is 15.1 Å². The minimum absolute atomic E-state index is 0.00746. The Morgan fingerprint density at radius 1 is 1.35 bits per heavy atom. The fourth-order valence-electron chi connectivity index (χ4n) is 2.03. The average molecular weight is 282 g/mol. The smallest absolute Gasteiger partial charge is 0.292 e. The zero-order valence-corrected chi connectivity index (χ0v) is 12.0. The molecule has 112 valence electrons. The highest BCUT2D eigenvalue weighted by Gasteiger charge is 2.18. The molecule has 0 saturated carbocycles. The largest absolute Gasteiger partial charge is 0.396 e. The van der Waals surface area contributed by atoms with Crippen LogP contribution in [0.1, 0.15) is 37.9 Å². The van der Waals surface area contributed by atoms with E-state index >= 15 is 0 Å². The van der Waals surface area contributed by atoms with Crippen LogP contribution in [0.4, 0.5) is 11.4 Å². The molecule has 1 aromatic rings. The van der Waals surface area contributed by atoms with Gasteiger partial charge in [0.25, 0.3) is 5.69 Å². The van der Waals surface area contributed by atoms with Crippen LogP contribution < -0.4 is 4.90 Å². The number of nitro benzene ring substituents is 1. The summed E-state index contributed by atoms with van der Waals surface area (Å²) in [7, 11) is 1.81. The van der Waals surface area contributed by atoms with Crippen LogP contribution >= 0.6 is 0 Å². The zero-order valence-electron chi connectivity index (χ0n) is 12.0.